The molecular weight excluding hydrogens is 259 g/mol. The van der Waals surface area contributed by atoms with Gasteiger partial charge in [-0.25, -0.2) is 0 Å². The fourth-order valence-corrected chi connectivity index (χ4v) is 2.07. The molecule has 0 aromatic rings. The molecular formula is C12H22F3N3O. The molecule has 0 aromatic heterocycles. The lowest BCUT2D eigenvalue weighted by Gasteiger charge is -2.39. The number of carbonyl (C=O) groups is 1. The molecule has 0 atom stereocenters. The Hall–Kier alpha value is -0.820. The highest BCUT2D eigenvalue weighted by molar-refractivity contribution is 5.85. The van der Waals surface area contributed by atoms with E-state index >= 15 is 0 Å². The maximum atomic E-state index is 12.0. The van der Waals surface area contributed by atoms with Gasteiger partial charge in [-0.05, 0) is 20.3 Å². The van der Waals surface area contributed by atoms with Crippen LogP contribution in [0.3, 0.4) is 0 Å². The lowest BCUT2D eigenvalue weighted by Crippen LogP contribution is -2.60. The summed E-state index contributed by atoms with van der Waals surface area (Å²) in [4.78, 5) is 14.1. The van der Waals surface area contributed by atoms with Crippen LogP contribution in [-0.2, 0) is 4.79 Å². The first-order valence-corrected chi connectivity index (χ1v) is 6.54. The van der Waals surface area contributed by atoms with E-state index in [1.54, 1.807) is 13.8 Å². The third kappa shape index (κ3) is 5.36. The van der Waals surface area contributed by atoms with Crippen LogP contribution in [0.2, 0.25) is 0 Å². The Balaban J connectivity index is 2.34. The summed E-state index contributed by atoms with van der Waals surface area (Å²) in [5, 5.41) is 5.79. The van der Waals surface area contributed by atoms with E-state index in [2.05, 4.69) is 10.6 Å². The molecule has 112 valence electrons. The molecule has 1 aliphatic rings. The zero-order valence-electron chi connectivity index (χ0n) is 11.4. The molecule has 1 amide bonds. The summed E-state index contributed by atoms with van der Waals surface area (Å²) in [7, 11) is 0. The topological polar surface area (TPSA) is 44.4 Å². The predicted octanol–water partition coefficient (Wildman–Crippen LogP) is 1.13. The Morgan fingerprint density at radius 1 is 1.26 bits per heavy atom. The van der Waals surface area contributed by atoms with Gasteiger partial charge in [-0.15, -0.1) is 0 Å². The maximum absolute atomic E-state index is 12.0. The average Bonchev–Trinajstić information content (AvgIpc) is 2.34. The van der Waals surface area contributed by atoms with E-state index in [-0.39, 0.29) is 18.9 Å². The van der Waals surface area contributed by atoms with Gasteiger partial charge in [-0.1, -0.05) is 0 Å². The molecule has 4 nitrogen and oxygen atoms in total. The second-order valence-corrected chi connectivity index (χ2v) is 5.27. The van der Waals surface area contributed by atoms with E-state index in [1.165, 1.54) is 0 Å². The average molecular weight is 281 g/mol. The van der Waals surface area contributed by atoms with Crippen LogP contribution in [0.25, 0.3) is 0 Å². The third-order valence-corrected chi connectivity index (χ3v) is 3.39. The number of hydrogen-bond acceptors (Lipinski definition) is 3. The van der Waals surface area contributed by atoms with Crippen molar-refractivity contribution < 1.29 is 18.0 Å². The number of rotatable bonds is 5. The second-order valence-electron chi connectivity index (χ2n) is 5.27. The van der Waals surface area contributed by atoms with Gasteiger partial charge in [0.15, 0.2) is 0 Å². The minimum Gasteiger partial charge on any atom is -0.355 e. The zero-order valence-corrected chi connectivity index (χ0v) is 11.4. The first kappa shape index (κ1) is 16.2. The van der Waals surface area contributed by atoms with E-state index in [9.17, 15) is 18.0 Å². The molecule has 0 aromatic carbocycles. The lowest BCUT2D eigenvalue weighted by molar-refractivity contribution is -0.138. The summed E-state index contributed by atoms with van der Waals surface area (Å²) in [6.45, 7) is 6.85. The summed E-state index contributed by atoms with van der Waals surface area (Å²) in [6, 6.07) is 0. The predicted molar refractivity (Wildman–Crippen MR) is 66.8 cm³/mol. The molecule has 1 heterocycles. The van der Waals surface area contributed by atoms with Gasteiger partial charge in [-0.3, -0.25) is 9.69 Å². The highest BCUT2D eigenvalue weighted by Crippen LogP contribution is 2.21. The molecule has 1 saturated heterocycles. The Labute approximate surface area is 111 Å². The van der Waals surface area contributed by atoms with E-state index in [0.717, 1.165) is 26.2 Å². The van der Waals surface area contributed by atoms with Crippen LogP contribution in [0, 0.1) is 0 Å². The Morgan fingerprint density at radius 3 is 2.37 bits per heavy atom. The molecule has 0 unspecified atom stereocenters. The largest absolute Gasteiger partial charge is 0.389 e. The van der Waals surface area contributed by atoms with E-state index in [1.807, 2.05) is 4.90 Å². The van der Waals surface area contributed by atoms with E-state index in [0.29, 0.717) is 0 Å². The second kappa shape index (κ2) is 6.56. The van der Waals surface area contributed by atoms with Crippen molar-refractivity contribution in [3.05, 3.63) is 0 Å². The SMILES string of the molecule is CC(C)(C(=O)NCCCC(F)(F)F)N1CCNCC1. The van der Waals surface area contributed by atoms with Crippen molar-refractivity contribution in [3.8, 4) is 0 Å². The number of hydrogen-bond donors (Lipinski definition) is 2. The highest BCUT2D eigenvalue weighted by atomic mass is 19.4. The molecule has 0 spiro atoms. The van der Waals surface area contributed by atoms with Gasteiger partial charge in [0.2, 0.25) is 5.91 Å². The van der Waals surface area contributed by atoms with Gasteiger partial charge in [0, 0.05) is 39.1 Å². The number of carbonyl (C=O) groups excluding carboxylic acids is 1. The molecule has 2 N–H and O–H groups in total. The molecule has 19 heavy (non-hydrogen) atoms. The summed E-state index contributed by atoms with van der Waals surface area (Å²) in [5.41, 5.74) is -0.680. The van der Waals surface area contributed by atoms with Crippen LogP contribution < -0.4 is 10.6 Å². The molecule has 7 heteroatoms. The van der Waals surface area contributed by atoms with Gasteiger partial charge < -0.3 is 10.6 Å². The molecule has 1 aliphatic heterocycles. The van der Waals surface area contributed by atoms with Crippen molar-refractivity contribution in [2.24, 2.45) is 0 Å². The first-order valence-electron chi connectivity index (χ1n) is 6.54. The Kier molecular flexibility index (Phi) is 5.61. The van der Waals surface area contributed by atoms with Crippen LogP contribution in [-0.4, -0.2) is 55.2 Å². The van der Waals surface area contributed by atoms with Crippen molar-refractivity contribution in [1.82, 2.24) is 15.5 Å². The molecule has 0 aliphatic carbocycles. The number of nitrogens with one attached hydrogen (secondary N) is 2. The summed E-state index contributed by atoms with van der Waals surface area (Å²) < 4.78 is 35.9. The van der Waals surface area contributed by atoms with E-state index in [4.69, 9.17) is 0 Å². The quantitative estimate of drug-likeness (QED) is 0.743. The number of halogens is 3. The monoisotopic (exact) mass is 281 g/mol. The Morgan fingerprint density at radius 2 is 1.84 bits per heavy atom. The van der Waals surface area contributed by atoms with Crippen molar-refractivity contribution in [1.29, 1.82) is 0 Å². The van der Waals surface area contributed by atoms with Gasteiger partial charge in [0.1, 0.15) is 0 Å². The standard InChI is InChI=1S/C12H22F3N3O/c1-11(2,18-8-6-16-7-9-18)10(19)17-5-3-4-12(13,14)15/h16H,3-9H2,1-2H3,(H,17,19). The summed E-state index contributed by atoms with van der Waals surface area (Å²) >= 11 is 0. The fraction of sp³-hybridized carbons (Fsp3) is 0.917. The highest BCUT2D eigenvalue weighted by Gasteiger charge is 2.35. The van der Waals surface area contributed by atoms with Crippen LogP contribution in [0.5, 0.6) is 0 Å². The number of piperazine rings is 1. The smallest absolute Gasteiger partial charge is 0.355 e. The van der Waals surface area contributed by atoms with E-state index < -0.39 is 18.1 Å². The minimum absolute atomic E-state index is 0.0634. The summed E-state index contributed by atoms with van der Waals surface area (Å²) in [6.07, 6.45) is -5.09. The normalized spacial score (nSPS) is 18.4. The number of alkyl halides is 3. The first-order chi connectivity index (χ1) is 8.73. The zero-order chi connectivity index (χ0) is 14.5. The van der Waals surface area contributed by atoms with Gasteiger partial charge >= 0.3 is 6.18 Å². The van der Waals surface area contributed by atoms with Crippen molar-refractivity contribution in [2.45, 2.75) is 38.4 Å². The lowest BCUT2D eigenvalue weighted by atomic mass is 10.0. The number of nitrogens with zero attached hydrogens (tertiary/aromatic N) is 1. The number of amides is 1. The summed E-state index contributed by atoms with van der Waals surface area (Å²) in [5.74, 6) is -0.212. The molecule has 1 rings (SSSR count). The van der Waals surface area contributed by atoms with Crippen LogP contribution >= 0.6 is 0 Å². The van der Waals surface area contributed by atoms with Crippen molar-refractivity contribution in [3.63, 3.8) is 0 Å². The molecule has 0 bridgehead atoms. The van der Waals surface area contributed by atoms with Crippen molar-refractivity contribution >= 4 is 5.91 Å². The van der Waals surface area contributed by atoms with Crippen LogP contribution in [0.15, 0.2) is 0 Å². The van der Waals surface area contributed by atoms with Crippen LogP contribution in [0.4, 0.5) is 13.2 Å². The maximum Gasteiger partial charge on any atom is 0.389 e. The Bertz CT molecular complexity index is 299. The third-order valence-electron chi connectivity index (χ3n) is 3.39. The van der Waals surface area contributed by atoms with Crippen LogP contribution in [0.1, 0.15) is 26.7 Å². The molecule has 0 radical (unpaired) electrons. The molecule has 0 saturated carbocycles. The van der Waals surface area contributed by atoms with Crippen molar-refractivity contribution in [2.75, 3.05) is 32.7 Å². The minimum atomic E-state index is -4.15. The van der Waals surface area contributed by atoms with Gasteiger partial charge in [0.05, 0.1) is 5.54 Å². The molecule has 1 fully saturated rings. The van der Waals surface area contributed by atoms with Gasteiger partial charge in [-0.2, -0.15) is 13.2 Å². The fourth-order valence-electron chi connectivity index (χ4n) is 2.07. The van der Waals surface area contributed by atoms with Gasteiger partial charge in [0.25, 0.3) is 0 Å².